The number of hydrogen-bond acceptors (Lipinski definition) is 1. The summed E-state index contributed by atoms with van der Waals surface area (Å²) in [5.74, 6) is 0.427. The Morgan fingerprint density at radius 1 is 1.60 bits per heavy atom. The molecule has 0 amide bonds. The molecule has 0 spiro atoms. The Balaban J connectivity index is 2.43. The first-order chi connectivity index (χ1) is 4.70. The van der Waals surface area contributed by atoms with Crippen LogP contribution in [0.4, 0.5) is 0 Å². The first kappa shape index (κ1) is 7.83. The third-order valence-electron chi connectivity index (χ3n) is 1.51. The molecule has 0 aromatic heterocycles. The Morgan fingerprint density at radius 2 is 2.30 bits per heavy atom. The van der Waals surface area contributed by atoms with E-state index in [1.807, 2.05) is 12.2 Å². The molecule has 1 atom stereocenters. The molecule has 0 bridgehead atoms. The molecule has 2 heteroatoms. The van der Waals surface area contributed by atoms with Crippen molar-refractivity contribution in [2.24, 2.45) is 5.92 Å². The normalized spacial score (nSPS) is 24.0. The molecular formula is C8H12ClN. The average molecular weight is 158 g/mol. The lowest BCUT2D eigenvalue weighted by molar-refractivity contribution is 0.385. The van der Waals surface area contributed by atoms with Gasteiger partial charge in [-0.1, -0.05) is 23.8 Å². The van der Waals surface area contributed by atoms with Crippen molar-refractivity contribution in [3.05, 3.63) is 23.3 Å². The van der Waals surface area contributed by atoms with E-state index < -0.39 is 0 Å². The highest BCUT2D eigenvalue weighted by atomic mass is 35.5. The maximum atomic E-state index is 5.89. The van der Waals surface area contributed by atoms with E-state index in [1.54, 1.807) is 0 Å². The molecule has 0 radical (unpaired) electrons. The van der Waals surface area contributed by atoms with E-state index in [2.05, 4.69) is 25.1 Å². The molecule has 0 aliphatic heterocycles. The summed E-state index contributed by atoms with van der Waals surface area (Å²) in [4.78, 5) is 2.14. The molecule has 1 unspecified atom stereocenters. The largest absolute Gasteiger partial charge is 0.308 e. The minimum absolute atomic E-state index is 0.427. The zero-order chi connectivity index (χ0) is 7.56. The molecule has 1 nitrogen and oxygen atoms in total. The Kier molecular flexibility index (Phi) is 2.52. The number of rotatable bonds is 2. The predicted octanol–water partition coefficient (Wildman–Crippen LogP) is 1.86. The summed E-state index contributed by atoms with van der Waals surface area (Å²) in [5, 5.41) is 0.953. The fourth-order valence-electron chi connectivity index (χ4n) is 1.04. The summed E-state index contributed by atoms with van der Waals surface area (Å²) in [6, 6.07) is 0. The maximum Gasteiger partial charge on any atom is 0.0262 e. The number of allylic oxidation sites excluding steroid dienone is 2. The van der Waals surface area contributed by atoms with Crippen molar-refractivity contribution < 1.29 is 0 Å². The van der Waals surface area contributed by atoms with E-state index >= 15 is 0 Å². The summed E-state index contributed by atoms with van der Waals surface area (Å²) >= 11 is 5.89. The predicted molar refractivity (Wildman–Crippen MR) is 45.1 cm³/mol. The van der Waals surface area contributed by atoms with Gasteiger partial charge in [0.05, 0.1) is 0 Å². The Morgan fingerprint density at radius 3 is 2.70 bits per heavy atom. The van der Waals surface area contributed by atoms with Gasteiger partial charge in [0.15, 0.2) is 0 Å². The fraction of sp³-hybridized carbons (Fsp3) is 0.500. The molecule has 56 valence electrons. The quantitative estimate of drug-likeness (QED) is 0.592. The van der Waals surface area contributed by atoms with E-state index in [9.17, 15) is 0 Å². The van der Waals surface area contributed by atoms with Crippen LogP contribution >= 0.6 is 11.6 Å². The third-order valence-corrected chi connectivity index (χ3v) is 1.92. The zero-order valence-corrected chi connectivity index (χ0v) is 7.10. The number of hydrogen-bond donors (Lipinski definition) is 0. The van der Waals surface area contributed by atoms with Gasteiger partial charge in [0.2, 0.25) is 0 Å². The lowest BCUT2D eigenvalue weighted by atomic mass is 10.1. The van der Waals surface area contributed by atoms with Crippen LogP contribution in [0.25, 0.3) is 0 Å². The van der Waals surface area contributed by atoms with Crippen molar-refractivity contribution in [1.29, 1.82) is 0 Å². The van der Waals surface area contributed by atoms with Gasteiger partial charge in [-0.15, -0.1) is 0 Å². The topological polar surface area (TPSA) is 3.24 Å². The van der Waals surface area contributed by atoms with E-state index in [0.29, 0.717) is 5.92 Å². The van der Waals surface area contributed by atoms with Gasteiger partial charge in [0.1, 0.15) is 0 Å². The van der Waals surface area contributed by atoms with Crippen molar-refractivity contribution in [1.82, 2.24) is 4.90 Å². The van der Waals surface area contributed by atoms with Crippen LogP contribution in [-0.2, 0) is 0 Å². The van der Waals surface area contributed by atoms with Gasteiger partial charge < -0.3 is 4.90 Å². The minimum atomic E-state index is 0.427. The summed E-state index contributed by atoms with van der Waals surface area (Å²) in [5.41, 5.74) is 0. The summed E-state index contributed by atoms with van der Waals surface area (Å²) in [7, 11) is 4.10. The Labute approximate surface area is 67.0 Å². The van der Waals surface area contributed by atoms with Crippen LogP contribution < -0.4 is 0 Å². The average Bonchev–Trinajstić information content (AvgIpc) is 2.15. The van der Waals surface area contributed by atoms with Gasteiger partial charge >= 0.3 is 0 Å². The number of nitrogens with zero attached hydrogens (tertiary/aromatic N) is 1. The summed E-state index contributed by atoms with van der Waals surface area (Å²) in [6.45, 7) is 1.01. The van der Waals surface area contributed by atoms with Crippen molar-refractivity contribution in [3.8, 4) is 0 Å². The molecule has 0 aromatic rings. The Bertz CT molecular complexity index is 170. The van der Waals surface area contributed by atoms with Gasteiger partial charge in [0, 0.05) is 17.5 Å². The van der Waals surface area contributed by atoms with Gasteiger partial charge in [-0.25, -0.2) is 0 Å². The van der Waals surface area contributed by atoms with Gasteiger partial charge in [-0.2, -0.15) is 0 Å². The minimum Gasteiger partial charge on any atom is -0.308 e. The van der Waals surface area contributed by atoms with Crippen LogP contribution in [0.5, 0.6) is 0 Å². The van der Waals surface area contributed by atoms with Gasteiger partial charge in [-0.05, 0) is 20.2 Å². The monoisotopic (exact) mass is 157 g/mol. The van der Waals surface area contributed by atoms with E-state index in [-0.39, 0.29) is 0 Å². The van der Waals surface area contributed by atoms with E-state index in [1.165, 1.54) is 0 Å². The van der Waals surface area contributed by atoms with E-state index in [4.69, 9.17) is 11.6 Å². The van der Waals surface area contributed by atoms with Crippen molar-refractivity contribution in [2.45, 2.75) is 0 Å². The molecule has 1 rings (SSSR count). The highest BCUT2D eigenvalue weighted by Gasteiger charge is 2.12. The molecule has 1 aliphatic carbocycles. The lowest BCUT2D eigenvalue weighted by Crippen LogP contribution is -2.19. The van der Waals surface area contributed by atoms with Crippen LogP contribution in [0.15, 0.2) is 23.3 Å². The molecule has 0 aromatic carbocycles. The van der Waals surface area contributed by atoms with Crippen LogP contribution in [0.2, 0.25) is 0 Å². The second kappa shape index (κ2) is 3.22. The van der Waals surface area contributed by atoms with Crippen LogP contribution in [0.1, 0.15) is 0 Å². The smallest absolute Gasteiger partial charge is 0.0262 e. The molecule has 0 saturated heterocycles. The maximum absolute atomic E-state index is 5.89. The lowest BCUT2D eigenvalue weighted by Gasteiger charge is -2.14. The van der Waals surface area contributed by atoms with Crippen LogP contribution in [0, 0.1) is 5.92 Å². The summed E-state index contributed by atoms with van der Waals surface area (Å²) < 4.78 is 0. The van der Waals surface area contributed by atoms with Gasteiger partial charge in [-0.3, -0.25) is 0 Å². The van der Waals surface area contributed by atoms with E-state index in [0.717, 1.165) is 11.6 Å². The highest BCUT2D eigenvalue weighted by molar-refractivity contribution is 6.30. The summed E-state index contributed by atoms with van der Waals surface area (Å²) in [6.07, 6.45) is 6.09. The Hall–Kier alpha value is -0.270. The van der Waals surface area contributed by atoms with Crippen molar-refractivity contribution in [2.75, 3.05) is 20.6 Å². The molecule has 0 N–H and O–H groups in total. The third kappa shape index (κ3) is 1.86. The van der Waals surface area contributed by atoms with Crippen molar-refractivity contribution >= 4 is 11.6 Å². The molecule has 1 aliphatic rings. The zero-order valence-electron chi connectivity index (χ0n) is 6.34. The van der Waals surface area contributed by atoms with Crippen LogP contribution in [-0.4, -0.2) is 25.5 Å². The van der Waals surface area contributed by atoms with Crippen molar-refractivity contribution in [3.63, 3.8) is 0 Å². The van der Waals surface area contributed by atoms with Crippen LogP contribution in [0.3, 0.4) is 0 Å². The molecule has 0 saturated carbocycles. The molecular weight excluding hydrogens is 146 g/mol. The standard InChI is InChI=1S/C8H12ClN/c1-10(2)6-7-4-3-5-8(7)9/h3-5,7H,6H2,1-2H3. The first-order valence-corrected chi connectivity index (χ1v) is 3.76. The fourth-order valence-corrected chi connectivity index (χ4v) is 1.25. The molecule has 0 heterocycles. The van der Waals surface area contributed by atoms with Gasteiger partial charge in [0.25, 0.3) is 0 Å². The number of halogens is 1. The first-order valence-electron chi connectivity index (χ1n) is 3.39. The molecule has 0 fully saturated rings. The second-order valence-electron chi connectivity index (χ2n) is 2.81. The highest BCUT2D eigenvalue weighted by Crippen LogP contribution is 2.22. The molecule has 10 heavy (non-hydrogen) atoms. The SMILES string of the molecule is CN(C)CC1C=CC=C1Cl. The second-order valence-corrected chi connectivity index (χ2v) is 3.24.